The Kier molecular flexibility index (Phi) is 5.45. The lowest BCUT2D eigenvalue weighted by Gasteiger charge is -2.35. The number of hydrogen-bond acceptors (Lipinski definition) is 3. The number of hydrogen-bond donors (Lipinski definition) is 1. The van der Waals surface area contributed by atoms with Crippen molar-refractivity contribution in [1.29, 1.82) is 0 Å². The number of para-hydroxylation sites is 1. The summed E-state index contributed by atoms with van der Waals surface area (Å²) in [5, 5.41) is 3.06. The topological polar surface area (TPSA) is 69.7 Å². The molecule has 2 fully saturated rings. The third-order valence-corrected chi connectivity index (χ3v) is 7.29. The minimum atomic E-state index is -0.786. The summed E-state index contributed by atoms with van der Waals surface area (Å²) in [6.07, 6.45) is 4.44. The Labute approximate surface area is 188 Å². The first-order valence-electron chi connectivity index (χ1n) is 11.6. The number of fused-ring (bicyclic) bond motifs is 2. The standard InChI is InChI=1S/C26H29N3O3/c30-22-13-5-2-8-16-28(22)17-14-23(31)29-18-15-26(24(29)19-9-3-1-4-10-19)20-11-6-7-12-21(20)27-25(26)32/h1,3-4,6-7,9-12,24H,2,5,8,13-18H2,(H,27,32)/t24-,26+/m0/s1. The van der Waals surface area contributed by atoms with Crippen molar-refractivity contribution in [3.63, 3.8) is 0 Å². The highest BCUT2D eigenvalue weighted by Gasteiger charge is 2.59. The van der Waals surface area contributed by atoms with Gasteiger partial charge in [-0.25, -0.2) is 0 Å². The van der Waals surface area contributed by atoms with Crippen LogP contribution in [0.15, 0.2) is 54.6 Å². The van der Waals surface area contributed by atoms with Crippen LogP contribution in [0.1, 0.15) is 55.7 Å². The normalized spacial score (nSPS) is 25.1. The summed E-state index contributed by atoms with van der Waals surface area (Å²) in [7, 11) is 0. The zero-order chi connectivity index (χ0) is 22.1. The maximum absolute atomic E-state index is 13.5. The number of nitrogens with zero attached hydrogens (tertiary/aromatic N) is 2. The lowest BCUT2D eigenvalue weighted by atomic mass is 9.72. The Hall–Kier alpha value is -3.15. The summed E-state index contributed by atoms with van der Waals surface area (Å²) in [5.41, 5.74) is 1.99. The molecule has 2 saturated heterocycles. The van der Waals surface area contributed by atoms with Gasteiger partial charge in [-0.05, 0) is 36.5 Å². The van der Waals surface area contributed by atoms with E-state index in [1.165, 1.54) is 0 Å². The minimum absolute atomic E-state index is 0.00459. The minimum Gasteiger partial charge on any atom is -0.342 e. The highest BCUT2D eigenvalue weighted by molar-refractivity contribution is 6.07. The zero-order valence-corrected chi connectivity index (χ0v) is 18.3. The Bertz CT molecular complexity index is 1040. The van der Waals surface area contributed by atoms with Gasteiger partial charge in [0.1, 0.15) is 5.41 Å². The number of nitrogens with one attached hydrogen (secondary N) is 1. The number of likely N-dealkylation sites (tertiary alicyclic amines) is 2. The van der Waals surface area contributed by atoms with Crippen molar-refractivity contribution < 1.29 is 14.4 Å². The quantitative estimate of drug-likeness (QED) is 0.804. The molecule has 2 atom stereocenters. The first-order valence-corrected chi connectivity index (χ1v) is 11.6. The number of amides is 3. The van der Waals surface area contributed by atoms with E-state index in [1.807, 2.05) is 64.4 Å². The Morgan fingerprint density at radius 3 is 2.59 bits per heavy atom. The van der Waals surface area contributed by atoms with Crippen molar-refractivity contribution in [2.75, 3.05) is 25.0 Å². The van der Waals surface area contributed by atoms with Gasteiger partial charge in [0.05, 0.1) is 6.04 Å². The largest absolute Gasteiger partial charge is 0.342 e. The molecule has 0 bridgehead atoms. The van der Waals surface area contributed by atoms with Gasteiger partial charge >= 0.3 is 0 Å². The summed E-state index contributed by atoms with van der Waals surface area (Å²) in [6.45, 7) is 1.70. The summed E-state index contributed by atoms with van der Waals surface area (Å²) < 4.78 is 0. The number of carbonyl (C=O) groups is 3. The molecule has 6 heteroatoms. The van der Waals surface area contributed by atoms with Gasteiger partial charge in [-0.3, -0.25) is 14.4 Å². The molecule has 5 rings (SSSR count). The van der Waals surface area contributed by atoms with Gasteiger partial charge < -0.3 is 15.1 Å². The fourth-order valence-electron chi connectivity index (χ4n) is 5.70. The van der Waals surface area contributed by atoms with E-state index in [9.17, 15) is 14.4 Å². The molecule has 3 amide bonds. The highest BCUT2D eigenvalue weighted by atomic mass is 16.2. The van der Waals surface area contributed by atoms with Gasteiger partial charge in [0.2, 0.25) is 17.7 Å². The van der Waals surface area contributed by atoms with Crippen molar-refractivity contribution in [2.45, 2.75) is 50.0 Å². The summed E-state index contributed by atoms with van der Waals surface area (Å²) in [5.74, 6) is 0.118. The molecule has 3 heterocycles. The smallest absolute Gasteiger partial charge is 0.237 e. The second-order valence-corrected chi connectivity index (χ2v) is 9.06. The molecule has 0 radical (unpaired) electrons. The van der Waals surface area contributed by atoms with Gasteiger partial charge in [0, 0.05) is 38.2 Å². The van der Waals surface area contributed by atoms with Crippen LogP contribution >= 0.6 is 0 Å². The van der Waals surface area contributed by atoms with Crippen molar-refractivity contribution in [3.8, 4) is 0 Å². The maximum atomic E-state index is 13.5. The molecule has 3 aliphatic rings. The van der Waals surface area contributed by atoms with Crippen LogP contribution in [0.5, 0.6) is 0 Å². The molecular formula is C26H29N3O3. The van der Waals surface area contributed by atoms with Crippen LogP contribution < -0.4 is 5.32 Å². The molecule has 3 aliphatic heterocycles. The highest BCUT2D eigenvalue weighted by Crippen LogP contribution is 2.54. The maximum Gasteiger partial charge on any atom is 0.237 e. The van der Waals surface area contributed by atoms with E-state index in [1.54, 1.807) is 0 Å². The molecule has 1 N–H and O–H groups in total. The van der Waals surface area contributed by atoms with Gasteiger partial charge in [-0.15, -0.1) is 0 Å². The predicted molar refractivity (Wildman–Crippen MR) is 122 cm³/mol. The van der Waals surface area contributed by atoms with Crippen LogP contribution in [0.3, 0.4) is 0 Å². The second-order valence-electron chi connectivity index (χ2n) is 9.06. The van der Waals surface area contributed by atoms with Crippen LogP contribution in [0.25, 0.3) is 0 Å². The van der Waals surface area contributed by atoms with Crippen LogP contribution in [0, 0.1) is 0 Å². The molecular weight excluding hydrogens is 402 g/mol. The Morgan fingerprint density at radius 2 is 1.75 bits per heavy atom. The summed E-state index contributed by atoms with van der Waals surface area (Å²) in [4.78, 5) is 43.0. The molecule has 6 nitrogen and oxygen atoms in total. The number of carbonyl (C=O) groups excluding carboxylic acids is 3. The zero-order valence-electron chi connectivity index (χ0n) is 18.3. The Morgan fingerprint density at radius 1 is 0.969 bits per heavy atom. The third kappa shape index (κ3) is 3.38. The second kappa shape index (κ2) is 8.41. The number of rotatable bonds is 4. The molecule has 2 aromatic rings. The summed E-state index contributed by atoms with van der Waals surface area (Å²) in [6, 6.07) is 17.3. The van der Waals surface area contributed by atoms with E-state index in [0.717, 1.165) is 42.6 Å². The molecule has 2 aromatic carbocycles. The van der Waals surface area contributed by atoms with Crippen LogP contribution in [-0.2, 0) is 19.8 Å². The van der Waals surface area contributed by atoms with E-state index in [-0.39, 0.29) is 30.2 Å². The summed E-state index contributed by atoms with van der Waals surface area (Å²) >= 11 is 0. The molecule has 32 heavy (non-hydrogen) atoms. The molecule has 0 aliphatic carbocycles. The van der Waals surface area contributed by atoms with Gasteiger partial charge in [0.25, 0.3) is 0 Å². The molecule has 0 saturated carbocycles. The molecule has 1 spiro atoms. The SMILES string of the molecule is O=C1CCCCCN1CCC(=O)N1CC[C@]2(C(=O)Nc3ccccc32)[C@@H]1c1ccccc1. The fourth-order valence-corrected chi connectivity index (χ4v) is 5.70. The van der Waals surface area contributed by atoms with E-state index >= 15 is 0 Å². The average Bonchev–Trinajstić information content (AvgIpc) is 3.27. The number of anilines is 1. The van der Waals surface area contributed by atoms with Crippen molar-refractivity contribution in [3.05, 3.63) is 65.7 Å². The van der Waals surface area contributed by atoms with Crippen LogP contribution in [0.2, 0.25) is 0 Å². The van der Waals surface area contributed by atoms with Gasteiger partial charge in [0.15, 0.2) is 0 Å². The van der Waals surface area contributed by atoms with Gasteiger partial charge in [-0.2, -0.15) is 0 Å². The van der Waals surface area contributed by atoms with E-state index in [2.05, 4.69) is 5.32 Å². The lowest BCUT2D eigenvalue weighted by molar-refractivity contribution is -0.135. The first kappa shape index (κ1) is 20.7. The van der Waals surface area contributed by atoms with E-state index in [4.69, 9.17) is 0 Å². The average molecular weight is 432 g/mol. The predicted octanol–water partition coefficient (Wildman–Crippen LogP) is 3.64. The molecule has 0 unspecified atom stereocenters. The van der Waals surface area contributed by atoms with Crippen molar-refractivity contribution in [2.24, 2.45) is 0 Å². The lowest BCUT2D eigenvalue weighted by Crippen LogP contribution is -2.43. The van der Waals surface area contributed by atoms with E-state index < -0.39 is 5.41 Å². The van der Waals surface area contributed by atoms with E-state index in [0.29, 0.717) is 25.9 Å². The molecule has 166 valence electrons. The fraction of sp³-hybridized carbons (Fsp3) is 0.423. The Balaban J connectivity index is 1.45. The van der Waals surface area contributed by atoms with Crippen LogP contribution in [0.4, 0.5) is 5.69 Å². The third-order valence-electron chi connectivity index (χ3n) is 7.29. The number of benzene rings is 2. The molecule has 0 aromatic heterocycles. The van der Waals surface area contributed by atoms with Crippen molar-refractivity contribution in [1.82, 2.24) is 9.80 Å². The monoisotopic (exact) mass is 431 g/mol. The van der Waals surface area contributed by atoms with Crippen LogP contribution in [-0.4, -0.2) is 47.2 Å². The van der Waals surface area contributed by atoms with Gasteiger partial charge in [-0.1, -0.05) is 55.0 Å². The first-order chi connectivity index (χ1) is 15.6. The van der Waals surface area contributed by atoms with Crippen molar-refractivity contribution >= 4 is 23.4 Å².